The minimum Gasteiger partial charge on any atom is -0.382 e. The van der Waals surface area contributed by atoms with Crippen LogP contribution in [0, 0.1) is 0 Å². The Hall–Kier alpha value is -0.850. The molecule has 0 spiro atoms. The van der Waals surface area contributed by atoms with Gasteiger partial charge in [-0.2, -0.15) is 0 Å². The molecule has 6 nitrogen and oxygen atoms in total. The van der Waals surface area contributed by atoms with Crippen molar-refractivity contribution in [1.29, 1.82) is 0 Å². The Labute approximate surface area is 105 Å². The molecule has 6 heteroatoms. The van der Waals surface area contributed by atoms with Crippen molar-refractivity contribution >= 4 is 5.96 Å². The van der Waals surface area contributed by atoms with Gasteiger partial charge in [0.15, 0.2) is 0 Å². The van der Waals surface area contributed by atoms with Crippen LogP contribution in [0.1, 0.15) is 20.3 Å². The van der Waals surface area contributed by atoms with E-state index in [-0.39, 0.29) is 0 Å². The summed E-state index contributed by atoms with van der Waals surface area (Å²) in [5.41, 5.74) is 2.57. The molecular weight excluding hydrogens is 218 g/mol. The second kappa shape index (κ2) is 10.3. The Morgan fingerprint density at radius 3 is 2.71 bits per heavy atom. The number of hydrazine groups is 1. The van der Waals surface area contributed by atoms with Gasteiger partial charge in [-0.3, -0.25) is 10.4 Å². The molecule has 0 bridgehead atoms. The van der Waals surface area contributed by atoms with Gasteiger partial charge in [-0.1, -0.05) is 0 Å². The summed E-state index contributed by atoms with van der Waals surface area (Å²) >= 11 is 0. The molecule has 102 valence electrons. The number of hydrogen-bond acceptors (Lipinski definition) is 4. The number of aliphatic imine (C=N–C) groups is 1. The quantitative estimate of drug-likeness (QED) is 0.181. The molecule has 0 amide bonds. The average Bonchev–Trinajstić information content (AvgIpc) is 2.32. The molecule has 0 aromatic carbocycles. The first-order valence-corrected chi connectivity index (χ1v) is 6.10. The number of nitrogens with zero attached hydrogens (tertiary/aromatic N) is 2. The minimum absolute atomic E-state index is 0.392. The van der Waals surface area contributed by atoms with E-state index in [1.165, 1.54) is 0 Å². The van der Waals surface area contributed by atoms with Crippen molar-refractivity contribution in [2.45, 2.75) is 26.3 Å². The maximum atomic E-state index is 5.39. The van der Waals surface area contributed by atoms with E-state index in [2.05, 4.69) is 27.6 Å². The molecule has 0 saturated heterocycles. The molecule has 0 aliphatic heterocycles. The highest BCUT2D eigenvalue weighted by molar-refractivity contribution is 5.79. The van der Waals surface area contributed by atoms with E-state index in [4.69, 9.17) is 10.6 Å². The SMILES string of the molecule is CCOCCCNC(=NCC(C)N(C)C)NN. The van der Waals surface area contributed by atoms with Crippen LogP contribution < -0.4 is 16.6 Å². The van der Waals surface area contributed by atoms with Crippen molar-refractivity contribution in [3.8, 4) is 0 Å². The lowest BCUT2D eigenvalue weighted by atomic mass is 10.3. The Kier molecular flexibility index (Phi) is 9.80. The van der Waals surface area contributed by atoms with Crippen LogP contribution in [-0.2, 0) is 4.74 Å². The van der Waals surface area contributed by atoms with E-state index < -0.39 is 0 Å². The molecule has 0 rings (SSSR count). The highest BCUT2D eigenvalue weighted by Gasteiger charge is 2.03. The third-order valence-electron chi connectivity index (χ3n) is 2.49. The zero-order valence-corrected chi connectivity index (χ0v) is 11.5. The van der Waals surface area contributed by atoms with E-state index in [0.717, 1.165) is 26.2 Å². The van der Waals surface area contributed by atoms with Crippen molar-refractivity contribution in [2.24, 2.45) is 10.8 Å². The fourth-order valence-corrected chi connectivity index (χ4v) is 1.06. The highest BCUT2D eigenvalue weighted by atomic mass is 16.5. The summed E-state index contributed by atoms with van der Waals surface area (Å²) in [6, 6.07) is 0.392. The van der Waals surface area contributed by atoms with Gasteiger partial charge in [0.2, 0.25) is 5.96 Å². The van der Waals surface area contributed by atoms with Crippen molar-refractivity contribution < 1.29 is 4.74 Å². The van der Waals surface area contributed by atoms with E-state index in [0.29, 0.717) is 18.5 Å². The molecule has 0 fully saturated rings. The Balaban J connectivity index is 3.77. The number of likely N-dealkylation sites (N-methyl/N-ethyl adjacent to an activating group) is 1. The average molecular weight is 245 g/mol. The van der Waals surface area contributed by atoms with Crippen LogP contribution in [0.3, 0.4) is 0 Å². The number of guanidine groups is 1. The first-order valence-electron chi connectivity index (χ1n) is 6.10. The van der Waals surface area contributed by atoms with Crippen LogP contribution in [0.5, 0.6) is 0 Å². The first-order chi connectivity index (χ1) is 8.11. The Bertz CT molecular complexity index is 208. The summed E-state index contributed by atoms with van der Waals surface area (Å²) in [6.45, 7) is 7.15. The van der Waals surface area contributed by atoms with E-state index in [1.54, 1.807) is 0 Å². The smallest absolute Gasteiger partial charge is 0.205 e. The van der Waals surface area contributed by atoms with Crippen LogP contribution in [-0.4, -0.2) is 57.3 Å². The fourth-order valence-electron chi connectivity index (χ4n) is 1.06. The Morgan fingerprint density at radius 2 is 2.18 bits per heavy atom. The van der Waals surface area contributed by atoms with E-state index in [1.807, 2.05) is 21.0 Å². The molecule has 0 radical (unpaired) electrons. The molecule has 1 unspecified atom stereocenters. The lowest BCUT2D eigenvalue weighted by molar-refractivity contribution is 0.145. The van der Waals surface area contributed by atoms with Crippen molar-refractivity contribution in [1.82, 2.24) is 15.6 Å². The molecule has 4 N–H and O–H groups in total. The van der Waals surface area contributed by atoms with Crippen LogP contribution in [0.15, 0.2) is 4.99 Å². The number of nitrogens with two attached hydrogens (primary N) is 1. The predicted molar refractivity (Wildman–Crippen MR) is 71.9 cm³/mol. The normalized spacial score (nSPS) is 13.9. The molecule has 0 aromatic rings. The molecule has 0 aliphatic carbocycles. The predicted octanol–water partition coefficient (Wildman–Crippen LogP) is -0.228. The van der Waals surface area contributed by atoms with Gasteiger partial charge in [0.25, 0.3) is 0 Å². The summed E-state index contributed by atoms with van der Waals surface area (Å²) in [5.74, 6) is 6.02. The largest absolute Gasteiger partial charge is 0.382 e. The van der Waals surface area contributed by atoms with Crippen LogP contribution in [0.4, 0.5) is 0 Å². The topological polar surface area (TPSA) is 74.9 Å². The maximum absolute atomic E-state index is 5.39. The Morgan fingerprint density at radius 1 is 1.47 bits per heavy atom. The van der Waals surface area contributed by atoms with Gasteiger partial charge >= 0.3 is 0 Å². The second-order valence-electron chi connectivity index (χ2n) is 4.12. The summed E-state index contributed by atoms with van der Waals surface area (Å²) in [7, 11) is 4.07. The zero-order valence-electron chi connectivity index (χ0n) is 11.5. The summed E-state index contributed by atoms with van der Waals surface area (Å²) in [6.07, 6.45) is 0.942. The third-order valence-corrected chi connectivity index (χ3v) is 2.49. The summed E-state index contributed by atoms with van der Waals surface area (Å²) in [5, 5.41) is 3.14. The lowest BCUT2D eigenvalue weighted by Crippen LogP contribution is -2.43. The summed E-state index contributed by atoms with van der Waals surface area (Å²) in [4.78, 5) is 6.49. The van der Waals surface area contributed by atoms with Gasteiger partial charge in [0.1, 0.15) is 0 Å². The number of ether oxygens (including phenoxy) is 1. The van der Waals surface area contributed by atoms with Crippen molar-refractivity contribution in [3.63, 3.8) is 0 Å². The number of hydrogen-bond donors (Lipinski definition) is 3. The highest BCUT2D eigenvalue weighted by Crippen LogP contribution is 1.91. The van der Waals surface area contributed by atoms with Gasteiger partial charge in [-0.15, -0.1) is 0 Å². The molecule has 0 heterocycles. The molecule has 17 heavy (non-hydrogen) atoms. The third kappa shape index (κ3) is 8.91. The summed E-state index contributed by atoms with van der Waals surface area (Å²) < 4.78 is 5.24. The molecule has 0 aromatic heterocycles. The van der Waals surface area contributed by atoms with Crippen molar-refractivity contribution in [2.75, 3.05) is 40.4 Å². The fraction of sp³-hybridized carbons (Fsp3) is 0.909. The van der Waals surface area contributed by atoms with Crippen LogP contribution >= 0.6 is 0 Å². The van der Waals surface area contributed by atoms with Crippen LogP contribution in [0.2, 0.25) is 0 Å². The number of nitrogens with one attached hydrogen (secondary N) is 2. The van der Waals surface area contributed by atoms with Crippen LogP contribution in [0.25, 0.3) is 0 Å². The van der Waals surface area contributed by atoms with Gasteiger partial charge in [0, 0.05) is 25.8 Å². The second-order valence-corrected chi connectivity index (χ2v) is 4.12. The first kappa shape index (κ1) is 16.1. The molecule has 1 atom stereocenters. The molecule has 0 saturated carbocycles. The zero-order chi connectivity index (χ0) is 13.1. The van der Waals surface area contributed by atoms with Gasteiger partial charge in [-0.05, 0) is 34.4 Å². The van der Waals surface area contributed by atoms with Crippen molar-refractivity contribution in [3.05, 3.63) is 0 Å². The van der Waals surface area contributed by atoms with Gasteiger partial charge in [-0.25, -0.2) is 5.84 Å². The monoisotopic (exact) mass is 245 g/mol. The standard InChI is InChI=1S/C11H27N5O/c1-5-17-8-6-7-13-11(15-12)14-9-10(2)16(3)4/h10H,5-9,12H2,1-4H3,(H2,13,14,15). The maximum Gasteiger partial charge on any atom is 0.205 e. The van der Waals surface area contributed by atoms with E-state index in [9.17, 15) is 0 Å². The van der Waals surface area contributed by atoms with E-state index >= 15 is 0 Å². The minimum atomic E-state index is 0.392. The molecule has 0 aliphatic rings. The molecular formula is C11H27N5O. The lowest BCUT2D eigenvalue weighted by Gasteiger charge is -2.18. The van der Waals surface area contributed by atoms with Gasteiger partial charge < -0.3 is 15.0 Å². The number of rotatable bonds is 8. The van der Waals surface area contributed by atoms with Gasteiger partial charge in [0.05, 0.1) is 6.54 Å².